The van der Waals surface area contributed by atoms with Gasteiger partial charge in [-0.2, -0.15) is 0 Å². The Balaban J connectivity index is 1.96. The van der Waals surface area contributed by atoms with Gasteiger partial charge in [0.05, 0.1) is 19.8 Å². The first-order valence-corrected chi connectivity index (χ1v) is 5.97. The monoisotopic (exact) mass is 228 g/mol. The predicted molar refractivity (Wildman–Crippen MR) is 65.8 cm³/mol. The van der Waals surface area contributed by atoms with Crippen molar-refractivity contribution in [3.05, 3.63) is 11.6 Å². The number of hydrogen-bond donors (Lipinski definition) is 1. The average molecular weight is 228 g/mol. The van der Waals surface area contributed by atoms with Crippen LogP contribution in [0.25, 0.3) is 0 Å². The Labute approximate surface area is 98.6 Å². The maximum Gasteiger partial charge on any atom is 0.0689 e. The van der Waals surface area contributed by atoms with Gasteiger partial charge in [-0.25, -0.2) is 0 Å². The van der Waals surface area contributed by atoms with E-state index in [2.05, 4.69) is 23.3 Å². The summed E-state index contributed by atoms with van der Waals surface area (Å²) in [5.74, 6) is 0. The second kappa shape index (κ2) is 8.70. The van der Waals surface area contributed by atoms with Gasteiger partial charge >= 0.3 is 0 Å². The first-order valence-electron chi connectivity index (χ1n) is 5.97. The molecule has 4 nitrogen and oxygen atoms in total. The first-order chi connectivity index (χ1) is 7.83. The lowest BCUT2D eigenvalue weighted by atomic mass is 10.2. The fraction of sp³-hybridized carbons (Fsp3) is 0.833. The minimum absolute atomic E-state index is 0.798. The number of rotatable bonds is 8. The molecule has 1 N–H and O–H groups in total. The van der Waals surface area contributed by atoms with Gasteiger partial charge in [0.25, 0.3) is 0 Å². The molecule has 0 amide bonds. The van der Waals surface area contributed by atoms with Gasteiger partial charge in [0.15, 0.2) is 0 Å². The van der Waals surface area contributed by atoms with Crippen molar-refractivity contribution in [2.75, 3.05) is 60.2 Å². The van der Waals surface area contributed by atoms with Crippen LogP contribution in [0.1, 0.15) is 6.42 Å². The van der Waals surface area contributed by atoms with Crippen LogP contribution in [0.2, 0.25) is 0 Å². The summed E-state index contributed by atoms with van der Waals surface area (Å²) < 4.78 is 10.4. The minimum atomic E-state index is 0.798. The largest absolute Gasteiger partial charge is 0.383 e. The molecule has 0 unspecified atom stereocenters. The Morgan fingerprint density at radius 1 is 1.50 bits per heavy atom. The van der Waals surface area contributed by atoms with E-state index >= 15 is 0 Å². The number of likely N-dealkylation sites (N-methyl/N-ethyl adjacent to an activating group) is 1. The quantitative estimate of drug-likeness (QED) is 0.484. The Hall–Kier alpha value is -0.420. The van der Waals surface area contributed by atoms with Crippen LogP contribution in [0.4, 0.5) is 0 Å². The van der Waals surface area contributed by atoms with Crippen molar-refractivity contribution in [3.63, 3.8) is 0 Å². The van der Waals surface area contributed by atoms with E-state index in [1.807, 2.05) is 0 Å². The fourth-order valence-electron chi connectivity index (χ4n) is 1.61. The van der Waals surface area contributed by atoms with Gasteiger partial charge in [0.1, 0.15) is 0 Å². The molecule has 1 aliphatic heterocycles. The van der Waals surface area contributed by atoms with Crippen molar-refractivity contribution in [1.82, 2.24) is 10.2 Å². The lowest BCUT2D eigenvalue weighted by Gasteiger charge is -2.18. The molecule has 0 atom stereocenters. The third kappa shape index (κ3) is 6.23. The molecule has 0 aromatic heterocycles. The zero-order valence-corrected chi connectivity index (χ0v) is 10.5. The van der Waals surface area contributed by atoms with Gasteiger partial charge < -0.3 is 19.7 Å². The number of ether oxygens (including phenoxy) is 2. The molecule has 0 bridgehead atoms. The van der Waals surface area contributed by atoms with Crippen molar-refractivity contribution in [2.45, 2.75) is 6.42 Å². The SMILES string of the molecule is COCCN(C)CCNCC1=CCCOC1. The van der Waals surface area contributed by atoms with E-state index in [9.17, 15) is 0 Å². The van der Waals surface area contributed by atoms with Crippen LogP contribution in [0.3, 0.4) is 0 Å². The molecule has 0 saturated carbocycles. The standard InChI is InChI=1S/C12H24N2O2/c1-14(7-9-15-2)6-5-13-10-12-4-3-8-16-11-12/h4,13H,3,5-11H2,1-2H3. The second-order valence-electron chi connectivity index (χ2n) is 4.18. The first kappa shape index (κ1) is 13.6. The fourth-order valence-corrected chi connectivity index (χ4v) is 1.61. The Bertz CT molecular complexity index is 207. The van der Waals surface area contributed by atoms with Crippen molar-refractivity contribution < 1.29 is 9.47 Å². The van der Waals surface area contributed by atoms with Crippen molar-refractivity contribution in [3.8, 4) is 0 Å². The van der Waals surface area contributed by atoms with Gasteiger partial charge in [0.2, 0.25) is 0 Å². The highest BCUT2D eigenvalue weighted by Gasteiger charge is 2.03. The molecule has 0 spiro atoms. The van der Waals surface area contributed by atoms with Crippen LogP contribution < -0.4 is 5.32 Å². The van der Waals surface area contributed by atoms with E-state index in [1.165, 1.54) is 5.57 Å². The van der Waals surface area contributed by atoms with Gasteiger partial charge in [-0.05, 0) is 19.0 Å². The van der Waals surface area contributed by atoms with E-state index in [-0.39, 0.29) is 0 Å². The summed E-state index contributed by atoms with van der Waals surface area (Å²) in [5, 5.41) is 3.43. The number of nitrogens with one attached hydrogen (secondary N) is 1. The summed E-state index contributed by atoms with van der Waals surface area (Å²) in [6, 6.07) is 0. The lowest BCUT2D eigenvalue weighted by Crippen LogP contribution is -2.32. The van der Waals surface area contributed by atoms with Gasteiger partial charge in [-0.1, -0.05) is 6.08 Å². The summed E-state index contributed by atoms with van der Waals surface area (Å²) in [6.07, 6.45) is 3.34. The van der Waals surface area contributed by atoms with Crippen LogP contribution in [-0.4, -0.2) is 65.1 Å². The Kier molecular flexibility index (Phi) is 7.42. The topological polar surface area (TPSA) is 33.7 Å². The normalized spacial score (nSPS) is 16.6. The number of hydrogen-bond acceptors (Lipinski definition) is 4. The highest BCUT2D eigenvalue weighted by atomic mass is 16.5. The van der Waals surface area contributed by atoms with E-state index in [0.29, 0.717) is 0 Å². The smallest absolute Gasteiger partial charge is 0.0689 e. The van der Waals surface area contributed by atoms with Crippen molar-refractivity contribution in [2.24, 2.45) is 0 Å². The number of nitrogens with zero attached hydrogens (tertiary/aromatic N) is 1. The maximum atomic E-state index is 5.38. The predicted octanol–water partition coefficient (Wildman–Crippen LogP) is 0.501. The van der Waals surface area contributed by atoms with Crippen molar-refractivity contribution in [1.29, 1.82) is 0 Å². The van der Waals surface area contributed by atoms with E-state index in [4.69, 9.17) is 9.47 Å². The van der Waals surface area contributed by atoms with Crippen LogP contribution in [0.5, 0.6) is 0 Å². The molecule has 94 valence electrons. The highest BCUT2D eigenvalue weighted by molar-refractivity contribution is 5.06. The van der Waals surface area contributed by atoms with Gasteiger partial charge in [0, 0.05) is 33.3 Å². The zero-order valence-electron chi connectivity index (χ0n) is 10.5. The average Bonchev–Trinajstić information content (AvgIpc) is 2.33. The summed E-state index contributed by atoms with van der Waals surface area (Å²) >= 11 is 0. The van der Waals surface area contributed by atoms with E-state index in [0.717, 1.165) is 52.4 Å². The molecule has 16 heavy (non-hydrogen) atoms. The molecule has 0 saturated heterocycles. The van der Waals surface area contributed by atoms with Crippen LogP contribution in [-0.2, 0) is 9.47 Å². The van der Waals surface area contributed by atoms with Gasteiger partial charge in [-0.3, -0.25) is 0 Å². The molecular weight excluding hydrogens is 204 g/mol. The van der Waals surface area contributed by atoms with E-state index in [1.54, 1.807) is 7.11 Å². The maximum absolute atomic E-state index is 5.38. The molecule has 0 aromatic carbocycles. The Morgan fingerprint density at radius 3 is 3.06 bits per heavy atom. The van der Waals surface area contributed by atoms with Crippen molar-refractivity contribution >= 4 is 0 Å². The van der Waals surface area contributed by atoms with Gasteiger partial charge in [-0.15, -0.1) is 0 Å². The third-order valence-electron chi connectivity index (χ3n) is 2.68. The molecule has 1 aliphatic rings. The molecule has 1 heterocycles. The van der Waals surface area contributed by atoms with Crippen LogP contribution in [0.15, 0.2) is 11.6 Å². The highest BCUT2D eigenvalue weighted by Crippen LogP contribution is 2.03. The van der Waals surface area contributed by atoms with Crippen LogP contribution >= 0.6 is 0 Å². The summed E-state index contributed by atoms with van der Waals surface area (Å²) in [6.45, 7) is 6.49. The molecule has 0 aromatic rings. The summed E-state index contributed by atoms with van der Waals surface area (Å²) in [5.41, 5.74) is 1.38. The molecule has 4 heteroatoms. The minimum Gasteiger partial charge on any atom is -0.383 e. The molecule has 0 radical (unpaired) electrons. The molecule has 0 aliphatic carbocycles. The third-order valence-corrected chi connectivity index (χ3v) is 2.68. The van der Waals surface area contributed by atoms with Crippen LogP contribution in [0, 0.1) is 0 Å². The Morgan fingerprint density at radius 2 is 2.38 bits per heavy atom. The molecule has 0 fully saturated rings. The number of methoxy groups -OCH3 is 1. The summed E-state index contributed by atoms with van der Waals surface area (Å²) in [4.78, 5) is 2.27. The lowest BCUT2D eigenvalue weighted by molar-refractivity contribution is 0.148. The summed E-state index contributed by atoms with van der Waals surface area (Å²) in [7, 11) is 3.85. The van der Waals surface area contributed by atoms with E-state index < -0.39 is 0 Å². The molecular formula is C12H24N2O2. The molecule has 1 rings (SSSR count). The second-order valence-corrected chi connectivity index (χ2v) is 4.18. The zero-order chi connectivity index (χ0) is 11.6.